The molecule has 4 N–H and O–H groups in total. The molecule has 0 aromatic carbocycles. The van der Waals surface area contributed by atoms with Crippen molar-refractivity contribution in [2.24, 2.45) is 0 Å². The van der Waals surface area contributed by atoms with E-state index in [-0.39, 0.29) is 6.03 Å². The third kappa shape index (κ3) is 3.99. The topological polar surface area (TPSA) is 96.2 Å². The van der Waals surface area contributed by atoms with Crippen molar-refractivity contribution in [2.75, 3.05) is 38.2 Å². The van der Waals surface area contributed by atoms with Gasteiger partial charge in [0.25, 0.3) is 0 Å². The smallest absolute Gasteiger partial charge is 0.316 e. The molecule has 0 saturated carbocycles. The molecule has 0 radical (unpaired) electrons. The van der Waals surface area contributed by atoms with Gasteiger partial charge in [0.05, 0.1) is 0 Å². The van der Waals surface area contributed by atoms with Crippen LogP contribution in [-0.2, 0) is 0 Å². The Hall–Kier alpha value is -2.05. The molecule has 2 amide bonds. The summed E-state index contributed by atoms with van der Waals surface area (Å²) in [5, 5.41) is 5.65. The van der Waals surface area contributed by atoms with E-state index in [1.54, 1.807) is 26.4 Å². The number of anilines is 2. The summed E-state index contributed by atoms with van der Waals surface area (Å²) >= 11 is 0. The monoisotopic (exact) mass is 224 g/mol. The van der Waals surface area contributed by atoms with Crippen LogP contribution in [0.25, 0.3) is 0 Å². The molecule has 16 heavy (non-hydrogen) atoms. The minimum atomic E-state index is -0.129. The number of hydrogen-bond acceptors (Lipinski definition) is 5. The van der Waals surface area contributed by atoms with E-state index in [9.17, 15) is 4.79 Å². The Balaban J connectivity index is 2.23. The second kappa shape index (κ2) is 5.74. The minimum Gasteiger partial charge on any atom is -0.384 e. The Labute approximate surface area is 94.1 Å². The Morgan fingerprint density at radius 2 is 2.25 bits per heavy atom. The first-order valence-electron chi connectivity index (χ1n) is 4.87. The average Bonchev–Trinajstić information content (AvgIpc) is 2.24. The van der Waals surface area contributed by atoms with Gasteiger partial charge in [0.2, 0.25) is 5.95 Å². The molecule has 0 aliphatic heterocycles. The fourth-order valence-electron chi connectivity index (χ4n) is 0.960. The first-order chi connectivity index (χ1) is 7.59. The van der Waals surface area contributed by atoms with Gasteiger partial charge in [-0.3, -0.25) is 0 Å². The quantitative estimate of drug-likeness (QED) is 0.612. The number of urea groups is 1. The molecular formula is C9H16N6O. The van der Waals surface area contributed by atoms with Gasteiger partial charge in [0.1, 0.15) is 5.82 Å². The van der Waals surface area contributed by atoms with Crippen molar-refractivity contribution in [1.82, 2.24) is 20.2 Å². The van der Waals surface area contributed by atoms with Gasteiger partial charge in [-0.1, -0.05) is 0 Å². The second-order valence-corrected chi connectivity index (χ2v) is 3.36. The summed E-state index contributed by atoms with van der Waals surface area (Å²) in [6.45, 7) is 1.04. The van der Waals surface area contributed by atoms with E-state index in [1.165, 1.54) is 4.90 Å². The van der Waals surface area contributed by atoms with Crippen LogP contribution < -0.4 is 16.4 Å². The number of carbonyl (C=O) groups is 1. The molecule has 0 aliphatic rings. The minimum absolute atomic E-state index is 0.129. The van der Waals surface area contributed by atoms with Crippen molar-refractivity contribution in [3.63, 3.8) is 0 Å². The van der Waals surface area contributed by atoms with Gasteiger partial charge in [0, 0.05) is 33.4 Å². The molecule has 0 spiro atoms. The van der Waals surface area contributed by atoms with Gasteiger partial charge in [-0.15, -0.1) is 0 Å². The third-order valence-electron chi connectivity index (χ3n) is 1.77. The lowest BCUT2D eigenvalue weighted by molar-refractivity contribution is 0.218. The standard InChI is InChI=1S/C9H16N6O/c1-15(2)9(16)13-6-5-12-8-11-4-3-7(10)14-8/h3-4H,5-6H2,1-2H3,(H,13,16)(H3,10,11,12,14). The highest BCUT2D eigenvalue weighted by Gasteiger charge is 2.01. The van der Waals surface area contributed by atoms with Crippen LogP contribution in [0, 0.1) is 0 Å². The number of carbonyl (C=O) groups excluding carboxylic acids is 1. The van der Waals surface area contributed by atoms with Gasteiger partial charge in [-0.25, -0.2) is 9.78 Å². The van der Waals surface area contributed by atoms with Crippen LogP contribution in [-0.4, -0.2) is 48.1 Å². The second-order valence-electron chi connectivity index (χ2n) is 3.36. The Morgan fingerprint density at radius 1 is 1.50 bits per heavy atom. The van der Waals surface area contributed by atoms with Crippen LogP contribution in [0.2, 0.25) is 0 Å². The number of nitrogen functional groups attached to an aromatic ring is 1. The largest absolute Gasteiger partial charge is 0.384 e. The maximum atomic E-state index is 11.1. The molecule has 0 atom stereocenters. The number of rotatable bonds is 4. The molecule has 0 unspecified atom stereocenters. The molecule has 0 fully saturated rings. The van der Waals surface area contributed by atoms with Crippen LogP contribution in [0.5, 0.6) is 0 Å². The number of nitrogens with zero attached hydrogens (tertiary/aromatic N) is 3. The van der Waals surface area contributed by atoms with E-state index in [4.69, 9.17) is 5.73 Å². The van der Waals surface area contributed by atoms with Gasteiger partial charge in [-0.2, -0.15) is 4.98 Å². The molecule has 0 bridgehead atoms. The van der Waals surface area contributed by atoms with Crippen LogP contribution in [0.15, 0.2) is 12.3 Å². The molecular weight excluding hydrogens is 208 g/mol. The van der Waals surface area contributed by atoms with Crippen LogP contribution in [0.3, 0.4) is 0 Å². The van der Waals surface area contributed by atoms with Crippen molar-refractivity contribution in [3.8, 4) is 0 Å². The summed E-state index contributed by atoms with van der Waals surface area (Å²) in [6.07, 6.45) is 1.57. The SMILES string of the molecule is CN(C)C(=O)NCCNc1nccc(N)n1. The molecule has 88 valence electrons. The predicted octanol–water partition coefficient (Wildman–Crippen LogP) is -0.258. The van der Waals surface area contributed by atoms with Gasteiger partial charge >= 0.3 is 6.03 Å². The fraction of sp³-hybridized carbons (Fsp3) is 0.444. The van der Waals surface area contributed by atoms with Gasteiger partial charge in [-0.05, 0) is 6.07 Å². The van der Waals surface area contributed by atoms with E-state index in [1.807, 2.05) is 0 Å². The fourth-order valence-corrected chi connectivity index (χ4v) is 0.960. The summed E-state index contributed by atoms with van der Waals surface area (Å²) in [4.78, 5) is 20.5. The Kier molecular flexibility index (Phi) is 4.31. The van der Waals surface area contributed by atoms with Crippen molar-refractivity contribution in [2.45, 2.75) is 0 Å². The predicted molar refractivity (Wildman–Crippen MR) is 62.0 cm³/mol. The summed E-state index contributed by atoms with van der Waals surface area (Å²) in [5.41, 5.74) is 5.48. The zero-order valence-electron chi connectivity index (χ0n) is 9.40. The molecule has 1 heterocycles. The molecule has 7 heteroatoms. The lowest BCUT2D eigenvalue weighted by Gasteiger charge is -2.12. The van der Waals surface area contributed by atoms with E-state index in [0.29, 0.717) is 24.9 Å². The highest BCUT2D eigenvalue weighted by atomic mass is 16.2. The van der Waals surface area contributed by atoms with Crippen molar-refractivity contribution < 1.29 is 4.79 Å². The third-order valence-corrected chi connectivity index (χ3v) is 1.77. The highest BCUT2D eigenvalue weighted by molar-refractivity contribution is 5.73. The molecule has 7 nitrogen and oxygen atoms in total. The first-order valence-corrected chi connectivity index (χ1v) is 4.87. The van der Waals surface area contributed by atoms with E-state index >= 15 is 0 Å². The lowest BCUT2D eigenvalue weighted by atomic mass is 10.5. The number of amides is 2. The van der Waals surface area contributed by atoms with E-state index in [0.717, 1.165) is 0 Å². The zero-order chi connectivity index (χ0) is 12.0. The molecule has 1 aromatic rings. The number of nitrogens with one attached hydrogen (secondary N) is 2. The van der Waals surface area contributed by atoms with Crippen molar-refractivity contribution >= 4 is 17.8 Å². The number of aromatic nitrogens is 2. The maximum Gasteiger partial charge on any atom is 0.316 e. The normalized spacial score (nSPS) is 9.62. The number of nitrogens with two attached hydrogens (primary N) is 1. The summed E-state index contributed by atoms with van der Waals surface area (Å²) < 4.78 is 0. The summed E-state index contributed by atoms with van der Waals surface area (Å²) in [6, 6.07) is 1.48. The average molecular weight is 224 g/mol. The Bertz CT molecular complexity index is 354. The zero-order valence-corrected chi connectivity index (χ0v) is 9.40. The summed E-state index contributed by atoms with van der Waals surface area (Å²) in [5.74, 6) is 0.869. The van der Waals surface area contributed by atoms with Crippen molar-refractivity contribution in [3.05, 3.63) is 12.3 Å². The molecule has 0 aliphatic carbocycles. The van der Waals surface area contributed by atoms with Crippen molar-refractivity contribution in [1.29, 1.82) is 0 Å². The van der Waals surface area contributed by atoms with Crippen LogP contribution >= 0.6 is 0 Å². The first kappa shape index (κ1) is 12.0. The van der Waals surface area contributed by atoms with Crippen LogP contribution in [0.4, 0.5) is 16.6 Å². The molecule has 1 aromatic heterocycles. The molecule has 1 rings (SSSR count). The van der Waals surface area contributed by atoms with Gasteiger partial charge < -0.3 is 21.3 Å². The molecule has 0 saturated heterocycles. The van der Waals surface area contributed by atoms with E-state index in [2.05, 4.69) is 20.6 Å². The highest BCUT2D eigenvalue weighted by Crippen LogP contribution is 1.99. The lowest BCUT2D eigenvalue weighted by Crippen LogP contribution is -2.37. The van der Waals surface area contributed by atoms with E-state index < -0.39 is 0 Å². The Morgan fingerprint density at radius 3 is 2.88 bits per heavy atom. The number of hydrogen-bond donors (Lipinski definition) is 3. The van der Waals surface area contributed by atoms with Crippen LogP contribution in [0.1, 0.15) is 0 Å². The summed E-state index contributed by atoms with van der Waals surface area (Å²) in [7, 11) is 3.37. The van der Waals surface area contributed by atoms with Gasteiger partial charge in [0.15, 0.2) is 0 Å². The maximum absolute atomic E-state index is 11.1.